The van der Waals surface area contributed by atoms with Crippen LogP contribution in [-0.4, -0.2) is 20.6 Å². The molecular weight excluding hydrogens is 356 g/mol. The van der Waals surface area contributed by atoms with Crippen LogP contribution < -0.4 is 5.32 Å². The lowest BCUT2D eigenvalue weighted by atomic mass is 10.1. The summed E-state index contributed by atoms with van der Waals surface area (Å²) in [5.74, 6) is -0.613. The molecule has 0 saturated carbocycles. The van der Waals surface area contributed by atoms with E-state index in [1.807, 2.05) is 37.3 Å². The third-order valence-electron chi connectivity index (χ3n) is 3.93. The number of hydrogen-bond donors (Lipinski definition) is 1. The number of anilines is 1. The lowest BCUT2D eigenvalue weighted by molar-refractivity contribution is -0.385. The van der Waals surface area contributed by atoms with Crippen molar-refractivity contribution in [3.05, 3.63) is 80.6 Å². The van der Waals surface area contributed by atoms with Gasteiger partial charge in [0.25, 0.3) is 11.6 Å². The molecule has 0 aliphatic carbocycles. The van der Waals surface area contributed by atoms with Crippen LogP contribution in [0.1, 0.15) is 21.7 Å². The van der Waals surface area contributed by atoms with Gasteiger partial charge in [-0.25, -0.2) is 4.68 Å². The highest BCUT2D eigenvalue weighted by Crippen LogP contribution is 2.27. The van der Waals surface area contributed by atoms with E-state index in [0.717, 1.165) is 5.69 Å². The highest BCUT2D eigenvalue weighted by Gasteiger charge is 2.23. The van der Waals surface area contributed by atoms with Gasteiger partial charge in [-0.15, -0.1) is 0 Å². The molecule has 1 aromatic heterocycles. The minimum Gasteiger partial charge on any atom is -0.319 e. The van der Waals surface area contributed by atoms with Gasteiger partial charge in [0.05, 0.1) is 27.7 Å². The van der Waals surface area contributed by atoms with Gasteiger partial charge >= 0.3 is 0 Å². The summed E-state index contributed by atoms with van der Waals surface area (Å²) in [4.78, 5) is 23.2. The van der Waals surface area contributed by atoms with Crippen LogP contribution in [0.25, 0.3) is 5.69 Å². The highest BCUT2D eigenvalue weighted by molar-refractivity contribution is 6.31. The monoisotopic (exact) mass is 370 g/mol. The molecular formula is C18H15ClN4O3. The number of halogens is 1. The lowest BCUT2D eigenvalue weighted by Gasteiger charge is -2.08. The first kappa shape index (κ1) is 17.6. The topological polar surface area (TPSA) is 90.1 Å². The Kier molecular flexibility index (Phi) is 4.73. The van der Waals surface area contributed by atoms with Crippen molar-refractivity contribution in [2.24, 2.45) is 0 Å². The molecule has 1 heterocycles. The van der Waals surface area contributed by atoms with E-state index in [1.165, 1.54) is 18.2 Å². The van der Waals surface area contributed by atoms with Gasteiger partial charge in [-0.05, 0) is 38.1 Å². The summed E-state index contributed by atoms with van der Waals surface area (Å²) in [6, 6.07) is 13.3. The number of aryl methyl sites for hydroxylation is 1. The first-order valence-corrected chi connectivity index (χ1v) is 8.13. The van der Waals surface area contributed by atoms with Crippen LogP contribution in [0.15, 0.2) is 48.5 Å². The number of carbonyl (C=O) groups excluding carboxylic acids is 1. The van der Waals surface area contributed by atoms with Gasteiger partial charge in [0, 0.05) is 11.1 Å². The molecule has 0 unspecified atom stereocenters. The normalized spacial score (nSPS) is 10.6. The number of nitrogens with one attached hydrogen (secondary N) is 1. The molecule has 0 aliphatic rings. The van der Waals surface area contributed by atoms with Crippen LogP contribution in [0.5, 0.6) is 0 Å². The van der Waals surface area contributed by atoms with Crippen LogP contribution in [0.4, 0.5) is 11.4 Å². The van der Waals surface area contributed by atoms with E-state index >= 15 is 0 Å². The minimum absolute atomic E-state index is 0.103. The van der Waals surface area contributed by atoms with Gasteiger partial charge in [-0.1, -0.05) is 29.8 Å². The molecule has 0 spiro atoms. The van der Waals surface area contributed by atoms with Crippen molar-refractivity contribution >= 4 is 28.9 Å². The molecule has 8 heteroatoms. The molecule has 0 bridgehead atoms. The zero-order chi connectivity index (χ0) is 18.8. The molecule has 26 heavy (non-hydrogen) atoms. The van der Waals surface area contributed by atoms with Gasteiger partial charge < -0.3 is 5.32 Å². The summed E-state index contributed by atoms with van der Waals surface area (Å²) in [6.45, 7) is 3.57. The SMILES string of the molecule is Cc1nn(-c2ccccc2)c(C)c1NC(=O)c1cc(Cl)ccc1[N+](=O)[O-]. The van der Waals surface area contributed by atoms with Crippen LogP contribution in [-0.2, 0) is 0 Å². The number of nitro groups is 1. The maximum Gasteiger partial charge on any atom is 0.282 e. The van der Waals surface area contributed by atoms with Crippen molar-refractivity contribution in [3.8, 4) is 5.69 Å². The molecule has 0 aliphatic heterocycles. The fraction of sp³-hybridized carbons (Fsp3) is 0.111. The third kappa shape index (κ3) is 3.29. The van der Waals surface area contributed by atoms with Crippen molar-refractivity contribution < 1.29 is 9.72 Å². The zero-order valence-corrected chi connectivity index (χ0v) is 14.8. The maximum atomic E-state index is 12.6. The van der Waals surface area contributed by atoms with Crippen molar-refractivity contribution in [3.63, 3.8) is 0 Å². The van der Waals surface area contributed by atoms with Gasteiger partial charge in [-0.3, -0.25) is 14.9 Å². The quantitative estimate of drug-likeness (QED) is 0.547. The number of amides is 1. The zero-order valence-electron chi connectivity index (χ0n) is 14.1. The first-order chi connectivity index (χ1) is 12.4. The fourth-order valence-electron chi connectivity index (χ4n) is 2.67. The van der Waals surface area contributed by atoms with E-state index in [2.05, 4.69) is 10.4 Å². The molecule has 3 rings (SSSR count). The Morgan fingerprint density at radius 3 is 2.54 bits per heavy atom. The molecule has 0 fully saturated rings. The van der Waals surface area contributed by atoms with Crippen LogP contribution in [0.3, 0.4) is 0 Å². The Hall–Kier alpha value is -3.19. The first-order valence-electron chi connectivity index (χ1n) is 7.75. The minimum atomic E-state index is -0.613. The summed E-state index contributed by atoms with van der Waals surface area (Å²) in [6.07, 6.45) is 0. The second-order valence-electron chi connectivity index (χ2n) is 5.67. The van der Waals surface area contributed by atoms with Crippen molar-refractivity contribution in [1.29, 1.82) is 0 Å². The second-order valence-corrected chi connectivity index (χ2v) is 6.10. The Balaban J connectivity index is 1.98. The standard InChI is InChI=1S/C18H15ClN4O3/c1-11-17(12(2)22(21-11)14-6-4-3-5-7-14)20-18(24)15-10-13(19)8-9-16(15)23(25)26/h3-10H,1-2H3,(H,20,24). The van der Waals surface area contributed by atoms with E-state index in [4.69, 9.17) is 11.6 Å². The smallest absolute Gasteiger partial charge is 0.282 e. The predicted molar refractivity (Wildman–Crippen MR) is 99.1 cm³/mol. The average Bonchev–Trinajstić information content (AvgIpc) is 2.90. The maximum absolute atomic E-state index is 12.6. The Morgan fingerprint density at radius 1 is 1.19 bits per heavy atom. The largest absolute Gasteiger partial charge is 0.319 e. The van der Waals surface area contributed by atoms with E-state index in [0.29, 0.717) is 17.1 Å². The number of aromatic nitrogens is 2. The molecule has 0 saturated heterocycles. The summed E-state index contributed by atoms with van der Waals surface area (Å²) in [5.41, 5.74) is 2.26. The number of carbonyl (C=O) groups is 1. The summed E-state index contributed by atoms with van der Waals surface area (Å²) >= 11 is 5.90. The van der Waals surface area contributed by atoms with E-state index < -0.39 is 10.8 Å². The number of benzene rings is 2. The Labute approximate surface area is 154 Å². The second kappa shape index (κ2) is 6.97. The molecule has 7 nitrogen and oxygen atoms in total. The van der Waals surface area contributed by atoms with Gasteiger partial charge in [0.15, 0.2) is 0 Å². The Morgan fingerprint density at radius 2 is 1.88 bits per heavy atom. The molecule has 0 atom stereocenters. The predicted octanol–water partition coefficient (Wildman–Crippen LogP) is 4.30. The molecule has 1 N–H and O–H groups in total. The van der Waals surface area contributed by atoms with E-state index in [-0.39, 0.29) is 16.3 Å². The molecule has 3 aromatic rings. The van der Waals surface area contributed by atoms with Crippen molar-refractivity contribution in [2.75, 3.05) is 5.32 Å². The van der Waals surface area contributed by atoms with Crippen molar-refractivity contribution in [2.45, 2.75) is 13.8 Å². The third-order valence-corrected chi connectivity index (χ3v) is 4.17. The molecule has 132 valence electrons. The number of para-hydroxylation sites is 1. The number of nitro benzene ring substituents is 1. The van der Waals surface area contributed by atoms with Crippen molar-refractivity contribution in [1.82, 2.24) is 9.78 Å². The van der Waals surface area contributed by atoms with Gasteiger partial charge in [0.2, 0.25) is 0 Å². The fourth-order valence-corrected chi connectivity index (χ4v) is 2.85. The highest BCUT2D eigenvalue weighted by atomic mass is 35.5. The van der Waals surface area contributed by atoms with Crippen LogP contribution >= 0.6 is 11.6 Å². The molecule has 0 radical (unpaired) electrons. The Bertz CT molecular complexity index is 999. The molecule has 2 aromatic carbocycles. The van der Waals surface area contributed by atoms with E-state index in [9.17, 15) is 14.9 Å². The summed E-state index contributed by atoms with van der Waals surface area (Å²) < 4.78 is 1.71. The molecule has 1 amide bonds. The van der Waals surface area contributed by atoms with Crippen LogP contribution in [0.2, 0.25) is 5.02 Å². The number of nitrogens with zero attached hydrogens (tertiary/aromatic N) is 3. The summed E-state index contributed by atoms with van der Waals surface area (Å²) in [5, 5.41) is 18.6. The number of rotatable bonds is 4. The van der Waals surface area contributed by atoms with Gasteiger partial charge in [0.1, 0.15) is 5.56 Å². The van der Waals surface area contributed by atoms with E-state index in [1.54, 1.807) is 11.6 Å². The van der Waals surface area contributed by atoms with Crippen LogP contribution in [0, 0.1) is 24.0 Å². The lowest BCUT2D eigenvalue weighted by Crippen LogP contribution is -2.15. The van der Waals surface area contributed by atoms with Gasteiger partial charge in [-0.2, -0.15) is 5.10 Å². The average molecular weight is 371 g/mol. The number of hydrogen-bond acceptors (Lipinski definition) is 4. The summed E-state index contributed by atoms with van der Waals surface area (Å²) in [7, 11) is 0.